The van der Waals surface area contributed by atoms with Crippen LogP contribution in [0.2, 0.25) is 0 Å². The zero-order chi connectivity index (χ0) is 21.0. The van der Waals surface area contributed by atoms with Gasteiger partial charge in [0.15, 0.2) is 0 Å². The molecule has 7 nitrogen and oxygen atoms in total. The summed E-state index contributed by atoms with van der Waals surface area (Å²) in [5.41, 5.74) is 2.29. The molecule has 0 aliphatic heterocycles. The summed E-state index contributed by atoms with van der Waals surface area (Å²) in [5, 5.41) is 9.39. The first-order valence-corrected chi connectivity index (χ1v) is 9.43. The predicted octanol–water partition coefficient (Wildman–Crippen LogP) is 4.96. The highest BCUT2D eigenvalue weighted by Crippen LogP contribution is 2.22. The molecule has 7 heteroatoms. The lowest BCUT2D eigenvalue weighted by Gasteiger charge is -2.17. The fourth-order valence-corrected chi connectivity index (χ4v) is 2.53. The highest BCUT2D eigenvalue weighted by Gasteiger charge is 2.21. The first-order chi connectivity index (χ1) is 13.7. The van der Waals surface area contributed by atoms with E-state index in [0.29, 0.717) is 17.5 Å². The maximum absolute atomic E-state index is 12.1. The number of anilines is 5. The number of carbonyl (C=O) groups is 1. The van der Waals surface area contributed by atoms with E-state index >= 15 is 0 Å². The summed E-state index contributed by atoms with van der Waals surface area (Å²) in [4.78, 5) is 25.3. The van der Waals surface area contributed by atoms with Gasteiger partial charge in [-0.05, 0) is 55.8 Å². The molecule has 0 aliphatic rings. The highest BCUT2D eigenvalue weighted by atomic mass is 16.2. The number of hydrogen-bond donors (Lipinski definition) is 3. The van der Waals surface area contributed by atoms with E-state index in [4.69, 9.17) is 0 Å². The van der Waals surface area contributed by atoms with E-state index in [2.05, 4.69) is 30.9 Å². The summed E-state index contributed by atoms with van der Waals surface area (Å²) in [6.07, 6.45) is 1.75. The molecule has 0 radical (unpaired) electrons. The first-order valence-electron chi connectivity index (χ1n) is 9.43. The van der Waals surface area contributed by atoms with Gasteiger partial charge in [0.1, 0.15) is 23.3 Å². The number of carbonyl (C=O) groups excluding carboxylic acids is 1. The van der Waals surface area contributed by atoms with Crippen molar-refractivity contribution in [1.29, 1.82) is 0 Å². The van der Waals surface area contributed by atoms with Crippen molar-refractivity contribution in [2.24, 2.45) is 5.41 Å². The number of hydrogen-bond acceptors (Lipinski definition) is 6. The van der Waals surface area contributed by atoms with E-state index in [1.165, 1.54) is 0 Å². The minimum atomic E-state index is -0.440. The summed E-state index contributed by atoms with van der Waals surface area (Å²) in [6, 6.07) is 13.2. The molecule has 2 heterocycles. The van der Waals surface area contributed by atoms with Gasteiger partial charge in [-0.1, -0.05) is 20.8 Å². The maximum Gasteiger partial charge on any atom is 0.229 e. The van der Waals surface area contributed by atoms with Crippen molar-refractivity contribution < 1.29 is 4.79 Å². The number of nitrogens with one attached hydrogen (secondary N) is 3. The van der Waals surface area contributed by atoms with Crippen LogP contribution < -0.4 is 16.0 Å². The molecule has 150 valence electrons. The average Bonchev–Trinajstić information content (AvgIpc) is 2.62. The van der Waals surface area contributed by atoms with Crippen LogP contribution in [0.25, 0.3) is 0 Å². The lowest BCUT2D eigenvalue weighted by molar-refractivity contribution is -0.123. The van der Waals surface area contributed by atoms with Crippen molar-refractivity contribution in [3.8, 4) is 0 Å². The van der Waals surface area contributed by atoms with Crippen LogP contribution in [0.1, 0.15) is 32.2 Å². The number of aromatic nitrogens is 3. The van der Waals surface area contributed by atoms with Gasteiger partial charge in [-0.15, -0.1) is 0 Å². The Labute approximate surface area is 171 Å². The van der Waals surface area contributed by atoms with Crippen LogP contribution in [0.3, 0.4) is 0 Å². The summed E-state index contributed by atoms with van der Waals surface area (Å²) in [6.45, 7) is 9.50. The van der Waals surface area contributed by atoms with Gasteiger partial charge >= 0.3 is 0 Å². The quantitative estimate of drug-likeness (QED) is 0.570. The highest BCUT2D eigenvalue weighted by molar-refractivity contribution is 5.94. The first kappa shape index (κ1) is 20.3. The number of rotatable bonds is 5. The number of nitrogens with zero attached hydrogens (tertiary/aromatic N) is 3. The Morgan fingerprint density at radius 3 is 2.07 bits per heavy atom. The molecule has 0 unspecified atom stereocenters. The van der Waals surface area contributed by atoms with Gasteiger partial charge in [0.05, 0.1) is 0 Å². The smallest absolute Gasteiger partial charge is 0.229 e. The molecule has 0 spiro atoms. The number of aryl methyl sites for hydroxylation is 2. The standard InChI is InChI=1S/C22H26N6O/c1-14-10-11-23-18(12-14)28-20-13-19(24-15(2)25-20)26-16-6-8-17(9-7-16)27-21(29)22(3,4)5/h6-13H,1-5H3,(H,27,29)(H2,23,24,25,26,28). The lowest BCUT2D eigenvalue weighted by atomic mass is 9.95. The monoisotopic (exact) mass is 390 g/mol. The average molecular weight is 390 g/mol. The normalized spacial score (nSPS) is 11.1. The Balaban J connectivity index is 1.71. The second-order valence-corrected chi connectivity index (χ2v) is 7.94. The molecule has 3 rings (SSSR count). The van der Waals surface area contributed by atoms with Gasteiger partial charge in [0.25, 0.3) is 0 Å². The third-order valence-electron chi connectivity index (χ3n) is 4.11. The molecule has 29 heavy (non-hydrogen) atoms. The van der Waals surface area contributed by atoms with Crippen molar-refractivity contribution in [2.75, 3.05) is 16.0 Å². The van der Waals surface area contributed by atoms with E-state index in [-0.39, 0.29) is 5.91 Å². The van der Waals surface area contributed by atoms with E-state index < -0.39 is 5.41 Å². The minimum Gasteiger partial charge on any atom is -0.340 e. The van der Waals surface area contributed by atoms with Gasteiger partial charge in [-0.25, -0.2) is 15.0 Å². The SMILES string of the molecule is Cc1ccnc(Nc2cc(Nc3ccc(NC(=O)C(C)(C)C)cc3)nc(C)n2)c1. The molecular formula is C22H26N6O. The molecule has 0 saturated carbocycles. The topological polar surface area (TPSA) is 91.8 Å². The fraction of sp³-hybridized carbons (Fsp3) is 0.273. The van der Waals surface area contributed by atoms with Gasteiger partial charge < -0.3 is 16.0 Å². The van der Waals surface area contributed by atoms with Crippen LogP contribution in [0, 0.1) is 19.3 Å². The largest absolute Gasteiger partial charge is 0.340 e. The zero-order valence-corrected chi connectivity index (χ0v) is 17.4. The molecule has 3 aromatic rings. The summed E-state index contributed by atoms with van der Waals surface area (Å²) >= 11 is 0. The van der Waals surface area contributed by atoms with Crippen LogP contribution in [0.4, 0.5) is 28.8 Å². The molecule has 0 bridgehead atoms. The van der Waals surface area contributed by atoms with Gasteiger partial charge in [-0.3, -0.25) is 4.79 Å². The van der Waals surface area contributed by atoms with Crippen LogP contribution >= 0.6 is 0 Å². The van der Waals surface area contributed by atoms with Gasteiger partial charge in [0.2, 0.25) is 5.91 Å². The summed E-state index contributed by atoms with van der Waals surface area (Å²) in [5.74, 6) is 2.67. The summed E-state index contributed by atoms with van der Waals surface area (Å²) < 4.78 is 0. The maximum atomic E-state index is 12.1. The number of benzene rings is 1. The summed E-state index contributed by atoms with van der Waals surface area (Å²) in [7, 11) is 0. The van der Waals surface area contributed by atoms with Crippen molar-refractivity contribution in [3.63, 3.8) is 0 Å². The van der Waals surface area contributed by atoms with Crippen LogP contribution in [-0.2, 0) is 4.79 Å². The van der Waals surface area contributed by atoms with Gasteiger partial charge in [0, 0.05) is 29.1 Å². The zero-order valence-electron chi connectivity index (χ0n) is 17.4. The van der Waals surface area contributed by atoms with E-state index in [0.717, 1.165) is 22.8 Å². The van der Waals surface area contributed by atoms with Crippen molar-refractivity contribution >= 4 is 34.7 Å². The molecule has 0 fully saturated rings. The second kappa shape index (κ2) is 8.26. The molecule has 0 atom stereocenters. The molecule has 2 aromatic heterocycles. The lowest BCUT2D eigenvalue weighted by Crippen LogP contribution is -2.27. The van der Waals surface area contributed by atoms with E-state index in [1.54, 1.807) is 6.20 Å². The molecule has 1 aromatic carbocycles. The second-order valence-electron chi connectivity index (χ2n) is 7.94. The Morgan fingerprint density at radius 1 is 0.828 bits per heavy atom. The Bertz CT molecular complexity index is 1010. The Hall–Kier alpha value is -3.48. The number of amides is 1. The van der Waals surface area contributed by atoms with Crippen molar-refractivity contribution in [2.45, 2.75) is 34.6 Å². The van der Waals surface area contributed by atoms with Crippen LogP contribution in [0.15, 0.2) is 48.7 Å². The number of pyridine rings is 1. The Morgan fingerprint density at radius 2 is 1.45 bits per heavy atom. The van der Waals surface area contributed by atoms with E-state index in [1.807, 2.05) is 77.1 Å². The van der Waals surface area contributed by atoms with Crippen LogP contribution in [-0.4, -0.2) is 20.9 Å². The molecular weight excluding hydrogens is 364 g/mol. The van der Waals surface area contributed by atoms with Crippen LogP contribution in [0.5, 0.6) is 0 Å². The van der Waals surface area contributed by atoms with Crippen molar-refractivity contribution in [3.05, 3.63) is 60.0 Å². The molecule has 0 aliphatic carbocycles. The molecule has 3 N–H and O–H groups in total. The predicted molar refractivity (Wildman–Crippen MR) is 117 cm³/mol. The molecule has 1 amide bonds. The third-order valence-corrected chi connectivity index (χ3v) is 4.11. The minimum absolute atomic E-state index is 0.0230. The van der Waals surface area contributed by atoms with Gasteiger partial charge in [-0.2, -0.15) is 0 Å². The van der Waals surface area contributed by atoms with E-state index in [9.17, 15) is 4.79 Å². The molecule has 0 saturated heterocycles. The third kappa shape index (κ3) is 5.75. The van der Waals surface area contributed by atoms with Crippen molar-refractivity contribution in [1.82, 2.24) is 15.0 Å². The Kier molecular flexibility index (Phi) is 5.77. The fourth-order valence-electron chi connectivity index (χ4n) is 2.53.